The molecule has 0 spiro atoms. The Morgan fingerprint density at radius 3 is 2.56 bits per heavy atom. The summed E-state index contributed by atoms with van der Waals surface area (Å²) in [4.78, 5) is 12.4. The zero-order chi connectivity index (χ0) is 19.9. The maximum Gasteiger partial charge on any atom is 0.331 e. The Balaban J connectivity index is 2.07. The number of benzene rings is 1. The average molecular weight is 369 g/mol. The number of aromatic hydroxyl groups is 1. The van der Waals surface area contributed by atoms with E-state index in [1.54, 1.807) is 30.3 Å². The van der Waals surface area contributed by atoms with Gasteiger partial charge in [0, 0.05) is 12.5 Å². The van der Waals surface area contributed by atoms with Crippen molar-refractivity contribution in [3.63, 3.8) is 0 Å². The lowest BCUT2D eigenvalue weighted by Gasteiger charge is -2.29. The Bertz CT molecular complexity index is 720. The maximum atomic E-state index is 12.4. The van der Waals surface area contributed by atoms with Gasteiger partial charge in [0.25, 0.3) is 0 Å². The van der Waals surface area contributed by atoms with E-state index < -0.39 is 0 Å². The van der Waals surface area contributed by atoms with Gasteiger partial charge in [-0.15, -0.1) is 0 Å². The van der Waals surface area contributed by atoms with Crippen molar-refractivity contribution in [2.45, 2.75) is 65.9 Å². The van der Waals surface area contributed by atoms with Crippen molar-refractivity contribution in [2.75, 3.05) is 0 Å². The predicted octanol–water partition coefficient (Wildman–Crippen LogP) is 6.20. The van der Waals surface area contributed by atoms with Crippen molar-refractivity contribution in [3.05, 3.63) is 59.2 Å². The van der Waals surface area contributed by atoms with Crippen LogP contribution in [0.2, 0.25) is 0 Å². The summed E-state index contributed by atoms with van der Waals surface area (Å²) in [6, 6.07) is 6.72. The Kier molecular flexibility index (Phi) is 7.46. The number of hydrogen-bond acceptors (Lipinski definition) is 3. The van der Waals surface area contributed by atoms with Crippen molar-refractivity contribution in [3.8, 4) is 5.75 Å². The molecule has 0 fully saturated rings. The van der Waals surface area contributed by atoms with Crippen LogP contribution in [0.4, 0.5) is 0 Å². The lowest BCUT2D eigenvalue weighted by atomic mass is 9.81. The van der Waals surface area contributed by atoms with Gasteiger partial charge < -0.3 is 9.84 Å². The maximum absolute atomic E-state index is 12.4. The number of phenols is 1. The molecule has 1 N–H and O–H groups in total. The summed E-state index contributed by atoms with van der Waals surface area (Å²) in [6.45, 7) is 8.79. The number of allylic oxidation sites excluding steroid dienone is 3. The number of phenolic OH excluding ortho intramolecular Hbond substituents is 1. The number of ether oxygens (including phenoxy) is 1. The molecule has 3 heteroatoms. The Hall–Kier alpha value is -2.29. The monoisotopic (exact) mass is 368 g/mol. The second-order valence-electron chi connectivity index (χ2n) is 8.40. The van der Waals surface area contributed by atoms with Gasteiger partial charge in [-0.1, -0.05) is 49.3 Å². The molecule has 0 amide bonds. The van der Waals surface area contributed by atoms with Crippen LogP contribution in [-0.2, 0) is 9.53 Å². The predicted molar refractivity (Wildman–Crippen MR) is 111 cm³/mol. The molecule has 1 aliphatic carbocycles. The smallest absolute Gasteiger partial charge is 0.331 e. The molecular formula is C24H32O3. The first-order chi connectivity index (χ1) is 12.7. The fourth-order valence-corrected chi connectivity index (χ4v) is 3.35. The standard InChI is InChI=1S/C24H32O3/c1-18-6-5-7-19(2)16-22(17-24(3,4)15-14-18)27-23(26)13-10-20-8-11-21(25)12-9-20/h7-14,22,25H,5-6,15-17H2,1-4H3/t22-/m0/s1. The molecule has 2 rings (SSSR count). The summed E-state index contributed by atoms with van der Waals surface area (Å²) in [6.07, 6.45) is 12.4. The summed E-state index contributed by atoms with van der Waals surface area (Å²) < 4.78 is 5.81. The largest absolute Gasteiger partial charge is 0.508 e. The average Bonchev–Trinajstić information content (AvgIpc) is 2.60. The third kappa shape index (κ3) is 7.86. The zero-order valence-electron chi connectivity index (χ0n) is 17.0. The second kappa shape index (κ2) is 9.59. The minimum absolute atomic E-state index is 0.0809. The molecule has 0 bridgehead atoms. The highest BCUT2D eigenvalue weighted by atomic mass is 16.5. The van der Waals surface area contributed by atoms with Crippen molar-refractivity contribution in [1.29, 1.82) is 0 Å². The third-order valence-electron chi connectivity index (χ3n) is 4.95. The van der Waals surface area contributed by atoms with E-state index in [0.29, 0.717) is 0 Å². The molecule has 0 aromatic heterocycles. The lowest BCUT2D eigenvalue weighted by molar-refractivity contribution is -0.144. The van der Waals surface area contributed by atoms with E-state index in [0.717, 1.165) is 37.7 Å². The van der Waals surface area contributed by atoms with E-state index in [2.05, 4.69) is 39.8 Å². The Labute approximate surface area is 163 Å². The second-order valence-corrected chi connectivity index (χ2v) is 8.40. The Morgan fingerprint density at radius 1 is 1.15 bits per heavy atom. The first-order valence-electron chi connectivity index (χ1n) is 9.72. The summed E-state index contributed by atoms with van der Waals surface area (Å²) >= 11 is 0. The van der Waals surface area contributed by atoms with Crippen LogP contribution in [0.3, 0.4) is 0 Å². The lowest BCUT2D eigenvalue weighted by Crippen LogP contribution is -2.25. The van der Waals surface area contributed by atoms with Gasteiger partial charge in [0.1, 0.15) is 11.9 Å². The molecule has 0 unspecified atom stereocenters. The first-order valence-corrected chi connectivity index (χ1v) is 9.72. The molecule has 3 nitrogen and oxygen atoms in total. The van der Waals surface area contributed by atoms with Gasteiger partial charge >= 0.3 is 5.97 Å². The highest BCUT2D eigenvalue weighted by molar-refractivity contribution is 5.87. The zero-order valence-corrected chi connectivity index (χ0v) is 17.0. The van der Waals surface area contributed by atoms with Gasteiger partial charge in [0.15, 0.2) is 0 Å². The van der Waals surface area contributed by atoms with Gasteiger partial charge in [0.05, 0.1) is 0 Å². The van der Waals surface area contributed by atoms with Gasteiger partial charge in [-0.2, -0.15) is 0 Å². The minimum Gasteiger partial charge on any atom is -0.508 e. The van der Waals surface area contributed by atoms with Crippen molar-refractivity contribution < 1.29 is 14.6 Å². The summed E-state index contributed by atoms with van der Waals surface area (Å²) in [7, 11) is 0. The van der Waals surface area contributed by atoms with Crippen LogP contribution < -0.4 is 0 Å². The van der Waals surface area contributed by atoms with Crippen LogP contribution in [0.25, 0.3) is 6.08 Å². The molecule has 0 aliphatic heterocycles. The SMILES string of the molecule is CC1=CCC(C)(C)C[C@@H](OC(=O)C=Cc2ccc(O)cc2)CC(C)=CCC1. The van der Waals surface area contributed by atoms with Crippen LogP contribution in [0.1, 0.15) is 65.4 Å². The Morgan fingerprint density at radius 2 is 1.85 bits per heavy atom. The quantitative estimate of drug-likeness (QED) is 0.392. The van der Waals surface area contributed by atoms with Gasteiger partial charge in [-0.25, -0.2) is 4.79 Å². The third-order valence-corrected chi connectivity index (χ3v) is 4.95. The topological polar surface area (TPSA) is 46.5 Å². The summed E-state index contributed by atoms with van der Waals surface area (Å²) in [5.74, 6) is -0.112. The van der Waals surface area contributed by atoms with Gasteiger partial charge in [0.2, 0.25) is 0 Å². The van der Waals surface area contributed by atoms with Gasteiger partial charge in [-0.05, 0) is 68.7 Å². The molecule has 1 aromatic carbocycles. The van der Waals surface area contributed by atoms with E-state index in [9.17, 15) is 9.90 Å². The number of rotatable bonds is 3. The molecule has 146 valence electrons. The number of carbonyl (C=O) groups excluding carboxylic acids is 1. The molecule has 0 saturated carbocycles. The van der Waals surface area contributed by atoms with E-state index in [1.807, 2.05) is 0 Å². The van der Waals surface area contributed by atoms with Crippen molar-refractivity contribution >= 4 is 12.0 Å². The molecule has 1 aliphatic rings. The van der Waals surface area contributed by atoms with E-state index in [-0.39, 0.29) is 23.2 Å². The van der Waals surface area contributed by atoms with Crippen LogP contribution in [0.15, 0.2) is 53.6 Å². The van der Waals surface area contributed by atoms with E-state index in [4.69, 9.17) is 4.74 Å². The van der Waals surface area contributed by atoms with Crippen LogP contribution >= 0.6 is 0 Å². The number of carbonyl (C=O) groups is 1. The highest BCUT2D eigenvalue weighted by Crippen LogP contribution is 2.32. The van der Waals surface area contributed by atoms with Crippen LogP contribution in [-0.4, -0.2) is 17.2 Å². The molecule has 0 radical (unpaired) electrons. The van der Waals surface area contributed by atoms with Crippen molar-refractivity contribution in [2.24, 2.45) is 5.41 Å². The minimum atomic E-state index is -0.321. The first kappa shape index (κ1) is 21.0. The van der Waals surface area contributed by atoms with E-state index >= 15 is 0 Å². The molecule has 1 atom stereocenters. The van der Waals surface area contributed by atoms with Crippen LogP contribution in [0, 0.1) is 5.41 Å². The number of hydrogen-bond donors (Lipinski definition) is 1. The summed E-state index contributed by atoms with van der Waals surface area (Å²) in [5.41, 5.74) is 3.64. The van der Waals surface area contributed by atoms with Crippen LogP contribution in [0.5, 0.6) is 5.75 Å². The normalized spacial score (nSPS) is 21.1. The van der Waals surface area contributed by atoms with Crippen molar-refractivity contribution in [1.82, 2.24) is 0 Å². The van der Waals surface area contributed by atoms with Gasteiger partial charge in [-0.3, -0.25) is 0 Å². The highest BCUT2D eigenvalue weighted by Gasteiger charge is 2.25. The fourth-order valence-electron chi connectivity index (χ4n) is 3.35. The number of esters is 1. The molecular weight excluding hydrogens is 336 g/mol. The summed E-state index contributed by atoms with van der Waals surface area (Å²) in [5, 5.41) is 9.33. The fraction of sp³-hybridized carbons (Fsp3) is 0.458. The van der Waals surface area contributed by atoms with E-state index in [1.165, 1.54) is 17.2 Å². The molecule has 1 aromatic rings. The molecule has 0 heterocycles. The molecule has 27 heavy (non-hydrogen) atoms. The molecule has 0 saturated heterocycles.